The van der Waals surface area contributed by atoms with Crippen molar-refractivity contribution in [2.45, 2.75) is 72.6 Å². The first-order valence-electron chi connectivity index (χ1n) is 9.17. The van der Waals surface area contributed by atoms with E-state index in [1.807, 2.05) is 0 Å². The Morgan fingerprint density at radius 1 is 1.39 bits per heavy atom. The van der Waals surface area contributed by atoms with Gasteiger partial charge in [0.2, 0.25) is 0 Å². The molecule has 0 radical (unpaired) electrons. The van der Waals surface area contributed by atoms with E-state index in [4.69, 9.17) is 4.74 Å². The topological polar surface area (TPSA) is 26.3 Å². The van der Waals surface area contributed by atoms with Gasteiger partial charge in [-0.1, -0.05) is 37.1 Å². The van der Waals surface area contributed by atoms with Crippen LogP contribution in [0.3, 0.4) is 0 Å². The van der Waals surface area contributed by atoms with Crippen LogP contribution in [0.2, 0.25) is 0 Å². The molecule has 0 bridgehead atoms. The second-order valence-electron chi connectivity index (χ2n) is 8.24. The molecule has 0 N–H and O–H groups in total. The molecule has 2 heteroatoms. The Morgan fingerprint density at radius 3 is 2.70 bits per heavy atom. The van der Waals surface area contributed by atoms with Crippen LogP contribution in [-0.4, -0.2) is 13.1 Å². The minimum Gasteiger partial charge on any atom is -0.469 e. The van der Waals surface area contributed by atoms with Crippen LogP contribution in [0.5, 0.6) is 0 Å². The average Bonchev–Trinajstić information content (AvgIpc) is 2.52. The van der Waals surface area contributed by atoms with Crippen LogP contribution in [0.1, 0.15) is 72.6 Å². The molecule has 2 rings (SSSR count). The number of allylic oxidation sites excluding steroid dienone is 3. The number of carbonyl (C=O) groups excluding carboxylic acids is 1. The van der Waals surface area contributed by atoms with Crippen molar-refractivity contribution < 1.29 is 9.53 Å². The number of esters is 1. The number of fused-ring (bicyclic) bond motifs is 1. The van der Waals surface area contributed by atoms with E-state index in [2.05, 4.69) is 40.3 Å². The minimum absolute atomic E-state index is 0.00989. The Bertz CT molecular complexity index is 504. The number of carbonyl (C=O) groups is 1. The minimum atomic E-state index is -0.323. The fraction of sp³-hybridized carbons (Fsp3) is 0.762. The van der Waals surface area contributed by atoms with E-state index in [1.165, 1.54) is 31.1 Å². The Labute approximate surface area is 142 Å². The van der Waals surface area contributed by atoms with Crippen molar-refractivity contribution in [3.63, 3.8) is 0 Å². The van der Waals surface area contributed by atoms with Gasteiger partial charge in [-0.15, -0.1) is 0 Å². The van der Waals surface area contributed by atoms with Gasteiger partial charge in [0.25, 0.3) is 0 Å². The van der Waals surface area contributed by atoms with Crippen LogP contribution < -0.4 is 0 Å². The first-order chi connectivity index (χ1) is 10.8. The van der Waals surface area contributed by atoms with E-state index in [0.717, 1.165) is 32.1 Å². The zero-order valence-electron chi connectivity index (χ0n) is 15.7. The molecule has 2 aliphatic rings. The summed E-state index contributed by atoms with van der Waals surface area (Å²) in [5.41, 5.74) is 2.72. The Balaban J connectivity index is 2.31. The molecule has 0 saturated heterocycles. The summed E-state index contributed by atoms with van der Waals surface area (Å²) in [6.07, 6.45) is 9.95. The molecule has 2 fully saturated rings. The van der Waals surface area contributed by atoms with Crippen LogP contribution in [0.25, 0.3) is 0 Å². The Hall–Kier alpha value is -1.05. The lowest BCUT2D eigenvalue weighted by molar-refractivity contribution is -0.168. The highest BCUT2D eigenvalue weighted by molar-refractivity contribution is 5.77. The lowest BCUT2D eigenvalue weighted by atomic mass is 9.46. The molecule has 0 aromatic rings. The quantitative estimate of drug-likeness (QED) is 0.492. The number of hydrogen-bond acceptors (Lipinski definition) is 2. The normalized spacial score (nSPS) is 38.1. The molecule has 0 aliphatic heterocycles. The van der Waals surface area contributed by atoms with E-state index in [9.17, 15) is 4.79 Å². The van der Waals surface area contributed by atoms with Crippen molar-refractivity contribution in [2.75, 3.05) is 7.11 Å². The summed E-state index contributed by atoms with van der Waals surface area (Å²) in [5.74, 6) is 0.933. The van der Waals surface area contributed by atoms with Crippen molar-refractivity contribution in [1.82, 2.24) is 0 Å². The summed E-state index contributed by atoms with van der Waals surface area (Å²) >= 11 is 0. The molecule has 2 aliphatic carbocycles. The Morgan fingerprint density at radius 2 is 2.09 bits per heavy atom. The van der Waals surface area contributed by atoms with Gasteiger partial charge >= 0.3 is 5.97 Å². The molecule has 0 unspecified atom stereocenters. The van der Waals surface area contributed by atoms with Gasteiger partial charge in [-0.2, -0.15) is 0 Å². The SMILES string of the molecule is C=C1CC[C@@H]2[C@](C)(CCC[C@]2(C)C(=O)OC)[C@H]1CC/C(C)=C/C. The van der Waals surface area contributed by atoms with E-state index < -0.39 is 0 Å². The van der Waals surface area contributed by atoms with Gasteiger partial charge in [0.05, 0.1) is 12.5 Å². The van der Waals surface area contributed by atoms with Crippen LogP contribution in [0.15, 0.2) is 23.8 Å². The number of rotatable bonds is 4. The van der Waals surface area contributed by atoms with Gasteiger partial charge in [0.1, 0.15) is 0 Å². The second-order valence-corrected chi connectivity index (χ2v) is 8.24. The highest BCUT2D eigenvalue weighted by atomic mass is 16.5. The molecule has 0 heterocycles. The molecular formula is C21H34O2. The third-order valence-electron chi connectivity index (χ3n) is 6.99. The van der Waals surface area contributed by atoms with Gasteiger partial charge < -0.3 is 4.74 Å². The first-order valence-corrected chi connectivity index (χ1v) is 9.17. The van der Waals surface area contributed by atoms with Gasteiger partial charge in [0, 0.05) is 0 Å². The standard InChI is InChI=1S/C21H34O2/c1-7-15(2)9-11-17-16(3)10-12-18-20(17,4)13-8-14-21(18,5)19(22)23-6/h7,17-18H,3,8-14H2,1-2,4-6H3/b15-7+/t17-,18+,20+,21-/m0/s1. The van der Waals surface area contributed by atoms with Crippen molar-refractivity contribution in [3.8, 4) is 0 Å². The zero-order chi connectivity index (χ0) is 17.3. The van der Waals surface area contributed by atoms with E-state index in [0.29, 0.717) is 11.8 Å². The van der Waals surface area contributed by atoms with Crippen molar-refractivity contribution >= 4 is 5.97 Å². The number of hydrogen-bond donors (Lipinski definition) is 0. The first kappa shape index (κ1) is 18.3. The van der Waals surface area contributed by atoms with E-state index in [1.54, 1.807) is 0 Å². The summed E-state index contributed by atoms with van der Waals surface area (Å²) in [6, 6.07) is 0. The predicted molar refractivity (Wildman–Crippen MR) is 96.1 cm³/mol. The summed E-state index contributed by atoms with van der Waals surface area (Å²) in [7, 11) is 1.54. The van der Waals surface area contributed by atoms with Crippen LogP contribution in [0, 0.1) is 22.7 Å². The lowest BCUT2D eigenvalue weighted by Gasteiger charge is -2.57. The van der Waals surface area contributed by atoms with Crippen molar-refractivity contribution in [3.05, 3.63) is 23.8 Å². The fourth-order valence-electron chi connectivity index (χ4n) is 5.48. The number of methoxy groups -OCH3 is 1. The molecule has 0 spiro atoms. The summed E-state index contributed by atoms with van der Waals surface area (Å²) in [5, 5.41) is 0. The maximum atomic E-state index is 12.5. The van der Waals surface area contributed by atoms with Gasteiger partial charge in [-0.25, -0.2) is 0 Å². The van der Waals surface area contributed by atoms with Crippen molar-refractivity contribution in [1.29, 1.82) is 0 Å². The number of ether oxygens (including phenoxy) is 1. The third kappa shape index (κ3) is 3.14. The lowest BCUT2D eigenvalue weighted by Crippen LogP contribution is -2.53. The van der Waals surface area contributed by atoms with Crippen molar-refractivity contribution in [2.24, 2.45) is 22.7 Å². The van der Waals surface area contributed by atoms with Crippen LogP contribution >= 0.6 is 0 Å². The van der Waals surface area contributed by atoms with E-state index >= 15 is 0 Å². The Kier molecular flexibility index (Phi) is 5.43. The van der Waals surface area contributed by atoms with Gasteiger partial charge in [-0.05, 0) is 76.5 Å². The molecule has 2 saturated carbocycles. The molecule has 2 nitrogen and oxygen atoms in total. The fourth-order valence-corrected chi connectivity index (χ4v) is 5.48. The smallest absolute Gasteiger partial charge is 0.311 e. The molecule has 0 aromatic carbocycles. The highest BCUT2D eigenvalue weighted by Gasteiger charge is 2.57. The maximum Gasteiger partial charge on any atom is 0.311 e. The average molecular weight is 319 g/mol. The molecule has 0 aromatic heterocycles. The molecular weight excluding hydrogens is 284 g/mol. The summed E-state index contributed by atoms with van der Waals surface area (Å²) < 4.78 is 5.19. The molecule has 130 valence electrons. The van der Waals surface area contributed by atoms with Crippen LogP contribution in [-0.2, 0) is 9.53 Å². The molecule has 0 amide bonds. The monoisotopic (exact) mass is 318 g/mol. The molecule has 4 atom stereocenters. The largest absolute Gasteiger partial charge is 0.469 e. The second kappa shape index (κ2) is 6.83. The third-order valence-corrected chi connectivity index (χ3v) is 6.99. The molecule has 23 heavy (non-hydrogen) atoms. The van der Waals surface area contributed by atoms with Crippen LogP contribution in [0.4, 0.5) is 0 Å². The zero-order valence-corrected chi connectivity index (χ0v) is 15.7. The summed E-state index contributed by atoms with van der Waals surface area (Å²) in [6.45, 7) is 13.3. The van der Waals surface area contributed by atoms with Gasteiger partial charge in [0.15, 0.2) is 0 Å². The maximum absolute atomic E-state index is 12.5. The summed E-state index contributed by atoms with van der Waals surface area (Å²) in [4.78, 5) is 12.5. The van der Waals surface area contributed by atoms with E-state index in [-0.39, 0.29) is 16.8 Å². The highest BCUT2D eigenvalue weighted by Crippen LogP contribution is 2.62. The van der Waals surface area contributed by atoms with Gasteiger partial charge in [-0.3, -0.25) is 4.79 Å². The predicted octanol–water partition coefficient (Wildman–Crippen LogP) is 5.68.